The average Bonchev–Trinajstić information content (AvgIpc) is 2.62. The molecule has 0 aliphatic carbocycles. The number of hydrogen-bond acceptors (Lipinski definition) is 7. The summed E-state index contributed by atoms with van der Waals surface area (Å²) >= 11 is 0. The Kier molecular flexibility index (Phi) is 7.45. The number of anilines is 2. The van der Waals surface area contributed by atoms with Crippen molar-refractivity contribution in [1.82, 2.24) is 10.3 Å². The van der Waals surface area contributed by atoms with Crippen molar-refractivity contribution < 1.29 is 9.53 Å². The molecule has 0 saturated heterocycles. The van der Waals surface area contributed by atoms with Crippen molar-refractivity contribution in [3.05, 3.63) is 48.7 Å². The monoisotopic (exact) mass is 368 g/mol. The van der Waals surface area contributed by atoms with E-state index in [2.05, 4.69) is 39.3 Å². The fourth-order valence-corrected chi connectivity index (χ4v) is 2.19. The largest absolute Gasteiger partial charge is 0.460 e. The van der Waals surface area contributed by atoms with Crippen LogP contribution in [0.3, 0.4) is 0 Å². The van der Waals surface area contributed by atoms with Crippen molar-refractivity contribution in [2.45, 2.75) is 19.8 Å². The summed E-state index contributed by atoms with van der Waals surface area (Å²) in [6.07, 6.45) is 1.71. The predicted molar refractivity (Wildman–Crippen MR) is 106 cm³/mol. The van der Waals surface area contributed by atoms with Crippen molar-refractivity contribution >= 4 is 28.9 Å². The highest BCUT2D eigenvalue weighted by Gasteiger charge is 2.07. The molecule has 0 atom stereocenters. The molecule has 0 aliphatic rings. The van der Waals surface area contributed by atoms with Gasteiger partial charge in [-0.2, -0.15) is 0 Å². The van der Waals surface area contributed by atoms with Crippen LogP contribution in [0.1, 0.15) is 19.8 Å². The average molecular weight is 368 g/mol. The van der Waals surface area contributed by atoms with Gasteiger partial charge in [-0.15, -0.1) is 10.2 Å². The van der Waals surface area contributed by atoms with Crippen LogP contribution in [0.25, 0.3) is 0 Å². The first-order valence-corrected chi connectivity index (χ1v) is 8.60. The van der Waals surface area contributed by atoms with Gasteiger partial charge < -0.3 is 21.1 Å². The summed E-state index contributed by atoms with van der Waals surface area (Å²) in [5, 5.41) is 13.8. The number of azo groups is 1. The lowest BCUT2D eigenvalue weighted by atomic mass is 10.3. The molecule has 0 fully saturated rings. The molecular formula is C19H24N6O2. The number of nitrogens with one attached hydrogen (secondary N) is 2. The molecule has 2 rings (SSSR count). The van der Waals surface area contributed by atoms with E-state index in [-0.39, 0.29) is 18.3 Å². The molecule has 0 spiro atoms. The third-order valence-corrected chi connectivity index (χ3v) is 3.42. The van der Waals surface area contributed by atoms with E-state index in [1.54, 1.807) is 31.3 Å². The number of hydrogen-bond donors (Lipinski definition) is 3. The predicted octanol–water partition coefficient (Wildman–Crippen LogP) is 3.93. The standard InChI is InChI=1S/C19H24N6O2/c1-4-7-13(2)27-16-9-6-5-8-14(16)24-25-15-10-11-17(23-19(15)20)22-18(26)12-21-3/h5-6,8-11,21H,2,4,7,12H2,1,3H3,(H3,20,22,23,26). The van der Waals surface area contributed by atoms with Gasteiger partial charge in [-0.3, -0.25) is 4.79 Å². The second-order valence-electron chi connectivity index (χ2n) is 5.74. The van der Waals surface area contributed by atoms with Gasteiger partial charge in [-0.1, -0.05) is 25.6 Å². The lowest BCUT2D eigenvalue weighted by Crippen LogP contribution is -2.25. The van der Waals surface area contributed by atoms with Crippen molar-refractivity contribution in [3.8, 4) is 5.75 Å². The molecule has 0 saturated carbocycles. The van der Waals surface area contributed by atoms with Crippen LogP contribution >= 0.6 is 0 Å². The maximum absolute atomic E-state index is 11.6. The highest BCUT2D eigenvalue weighted by molar-refractivity contribution is 5.91. The van der Waals surface area contributed by atoms with Gasteiger partial charge in [0.25, 0.3) is 0 Å². The third-order valence-electron chi connectivity index (χ3n) is 3.42. The van der Waals surface area contributed by atoms with Gasteiger partial charge in [-0.25, -0.2) is 4.98 Å². The van der Waals surface area contributed by atoms with Gasteiger partial charge in [0, 0.05) is 6.42 Å². The van der Waals surface area contributed by atoms with Crippen LogP contribution < -0.4 is 21.1 Å². The highest BCUT2D eigenvalue weighted by atomic mass is 16.5. The van der Waals surface area contributed by atoms with Gasteiger partial charge in [0.1, 0.15) is 17.2 Å². The molecule has 1 aromatic heterocycles. The lowest BCUT2D eigenvalue weighted by molar-refractivity contribution is -0.115. The number of amides is 1. The second-order valence-corrected chi connectivity index (χ2v) is 5.74. The molecule has 8 nitrogen and oxygen atoms in total. The molecule has 27 heavy (non-hydrogen) atoms. The molecule has 0 unspecified atom stereocenters. The normalized spacial score (nSPS) is 10.7. The van der Waals surface area contributed by atoms with Crippen LogP contribution in [0, 0.1) is 0 Å². The Morgan fingerprint density at radius 2 is 1.96 bits per heavy atom. The number of para-hydroxylation sites is 1. The molecule has 0 radical (unpaired) electrons. The van der Waals surface area contributed by atoms with Gasteiger partial charge in [0.2, 0.25) is 5.91 Å². The fraction of sp³-hybridized carbons (Fsp3) is 0.263. The fourth-order valence-electron chi connectivity index (χ4n) is 2.19. The Morgan fingerprint density at radius 3 is 2.67 bits per heavy atom. The van der Waals surface area contributed by atoms with Crippen molar-refractivity contribution in [3.63, 3.8) is 0 Å². The van der Waals surface area contributed by atoms with Crippen LogP contribution in [0.15, 0.2) is 59.0 Å². The number of allylic oxidation sites excluding steroid dienone is 1. The van der Waals surface area contributed by atoms with E-state index in [1.165, 1.54) is 0 Å². The number of ether oxygens (including phenoxy) is 1. The summed E-state index contributed by atoms with van der Waals surface area (Å²) < 4.78 is 5.74. The Balaban J connectivity index is 2.14. The van der Waals surface area contributed by atoms with Gasteiger partial charge in [-0.05, 0) is 37.7 Å². The molecular weight excluding hydrogens is 344 g/mol. The number of aromatic nitrogens is 1. The molecule has 4 N–H and O–H groups in total. The molecule has 142 valence electrons. The number of nitrogens with zero attached hydrogens (tertiary/aromatic N) is 3. The summed E-state index contributed by atoms with van der Waals surface area (Å²) in [5.41, 5.74) is 6.86. The number of rotatable bonds is 9. The van der Waals surface area contributed by atoms with E-state index in [4.69, 9.17) is 10.5 Å². The summed E-state index contributed by atoms with van der Waals surface area (Å²) in [4.78, 5) is 15.7. The zero-order valence-corrected chi connectivity index (χ0v) is 15.5. The molecule has 1 amide bonds. The quantitative estimate of drug-likeness (QED) is 0.458. The summed E-state index contributed by atoms with van der Waals surface area (Å²) in [5.74, 6) is 1.54. The van der Waals surface area contributed by atoms with Crippen molar-refractivity contribution in [2.75, 3.05) is 24.6 Å². The van der Waals surface area contributed by atoms with E-state index in [1.807, 2.05) is 12.1 Å². The highest BCUT2D eigenvalue weighted by Crippen LogP contribution is 2.31. The first-order chi connectivity index (χ1) is 13.0. The summed E-state index contributed by atoms with van der Waals surface area (Å²) in [6.45, 7) is 6.14. The molecule has 1 aromatic carbocycles. The van der Waals surface area contributed by atoms with E-state index >= 15 is 0 Å². The zero-order chi connectivity index (χ0) is 19.6. The minimum absolute atomic E-state index is 0.162. The first kappa shape index (κ1) is 20.1. The van der Waals surface area contributed by atoms with Crippen LogP contribution in [0.4, 0.5) is 23.0 Å². The molecule has 8 heteroatoms. The summed E-state index contributed by atoms with van der Waals surface area (Å²) in [7, 11) is 1.68. The Morgan fingerprint density at radius 1 is 1.22 bits per heavy atom. The van der Waals surface area contributed by atoms with Crippen LogP contribution in [0.5, 0.6) is 5.75 Å². The van der Waals surface area contributed by atoms with Crippen LogP contribution in [-0.2, 0) is 4.79 Å². The molecule has 2 aromatic rings. The van der Waals surface area contributed by atoms with Gasteiger partial charge in [0.15, 0.2) is 11.6 Å². The number of carbonyl (C=O) groups is 1. The SMILES string of the molecule is C=C(CCC)Oc1ccccc1N=Nc1ccc(NC(=O)CNC)nc1N. The summed E-state index contributed by atoms with van der Waals surface area (Å²) in [6, 6.07) is 10.5. The Hall–Kier alpha value is -3.26. The number of nitrogen functional groups attached to an aromatic ring is 1. The minimum atomic E-state index is -0.211. The number of likely N-dealkylation sites (N-methyl/N-ethyl adjacent to an activating group) is 1. The van der Waals surface area contributed by atoms with Crippen LogP contribution in [0.2, 0.25) is 0 Å². The maximum Gasteiger partial charge on any atom is 0.239 e. The van der Waals surface area contributed by atoms with Crippen molar-refractivity contribution in [2.24, 2.45) is 10.2 Å². The number of carbonyl (C=O) groups excluding carboxylic acids is 1. The number of nitrogens with two attached hydrogens (primary N) is 1. The number of benzene rings is 1. The maximum atomic E-state index is 11.6. The smallest absolute Gasteiger partial charge is 0.239 e. The minimum Gasteiger partial charge on any atom is -0.460 e. The second kappa shape index (κ2) is 10.0. The lowest BCUT2D eigenvalue weighted by Gasteiger charge is -2.09. The Bertz CT molecular complexity index is 835. The molecule has 0 aliphatic heterocycles. The van der Waals surface area contributed by atoms with Gasteiger partial charge >= 0.3 is 0 Å². The van der Waals surface area contributed by atoms with E-state index < -0.39 is 0 Å². The van der Waals surface area contributed by atoms with Crippen LogP contribution in [-0.4, -0.2) is 24.5 Å². The molecule has 0 bridgehead atoms. The third kappa shape index (κ3) is 6.19. The first-order valence-electron chi connectivity index (χ1n) is 8.60. The topological polar surface area (TPSA) is 114 Å². The van der Waals surface area contributed by atoms with Gasteiger partial charge in [0.05, 0.1) is 12.3 Å². The van der Waals surface area contributed by atoms with E-state index in [0.29, 0.717) is 28.7 Å². The molecule has 1 heterocycles. The van der Waals surface area contributed by atoms with Crippen molar-refractivity contribution in [1.29, 1.82) is 0 Å². The van der Waals surface area contributed by atoms with E-state index in [9.17, 15) is 4.79 Å². The zero-order valence-electron chi connectivity index (χ0n) is 15.5. The number of pyridine rings is 1. The van der Waals surface area contributed by atoms with E-state index in [0.717, 1.165) is 12.8 Å². The Labute approximate surface area is 158 Å².